The zero-order chi connectivity index (χ0) is 17.9. The fourth-order valence-corrected chi connectivity index (χ4v) is 3.31. The van der Waals surface area contributed by atoms with E-state index in [1.807, 2.05) is 48.5 Å². The molecule has 0 aliphatic carbocycles. The molecule has 0 unspecified atom stereocenters. The highest BCUT2D eigenvalue weighted by atomic mass is 16.7. The zero-order valence-corrected chi connectivity index (χ0v) is 14.3. The van der Waals surface area contributed by atoms with Crippen molar-refractivity contribution in [2.45, 2.75) is 12.8 Å². The van der Waals surface area contributed by atoms with Gasteiger partial charge in [0.15, 0.2) is 11.5 Å². The summed E-state index contributed by atoms with van der Waals surface area (Å²) in [5, 5.41) is 2.94. The minimum Gasteiger partial charge on any atom is -0.454 e. The van der Waals surface area contributed by atoms with Gasteiger partial charge in [0.1, 0.15) is 0 Å². The number of anilines is 1. The molecule has 1 fully saturated rings. The molecule has 2 aromatic carbocycles. The second kappa shape index (κ2) is 7.07. The van der Waals surface area contributed by atoms with Crippen molar-refractivity contribution in [1.29, 1.82) is 0 Å². The molecule has 2 amide bonds. The standard InChI is InChI=1S/C20H20N2O4/c23-19-11-15(12-22(19)16-4-2-1-3-5-16)20(24)21-9-8-14-6-7-17-18(10-14)26-13-25-17/h1-7,10,15H,8-9,11-13H2,(H,21,24)/t15-/m1/s1. The van der Waals surface area contributed by atoms with Crippen LogP contribution in [0.15, 0.2) is 48.5 Å². The van der Waals surface area contributed by atoms with Gasteiger partial charge in [0.25, 0.3) is 0 Å². The van der Waals surface area contributed by atoms with Gasteiger partial charge in [-0.2, -0.15) is 0 Å². The molecule has 0 spiro atoms. The predicted molar refractivity (Wildman–Crippen MR) is 96.2 cm³/mol. The monoisotopic (exact) mass is 352 g/mol. The van der Waals surface area contributed by atoms with Gasteiger partial charge in [0, 0.05) is 25.2 Å². The number of rotatable bonds is 5. The van der Waals surface area contributed by atoms with E-state index in [9.17, 15) is 9.59 Å². The number of nitrogens with zero attached hydrogens (tertiary/aromatic N) is 1. The lowest BCUT2D eigenvalue weighted by molar-refractivity contribution is -0.126. The Morgan fingerprint density at radius 2 is 1.92 bits per heavy atom. The Morgan fingerprint density at radius 1 is 1.12 bits per heavy atom. The number of ether oxygens (including phenoxy) is 2. The number of hydrogen-bond acceptors (Lipinski definition) is 4. The summed E-state index contributed by atoms with van der Waals surface area (Å²) in [7, 11) is 0. The number of hydrogen-bond donors (Lipinski definition) is 1. The van der Waals surface area contributed by atoms with E-state index in [1.54, 1.807) is 4.90 Å². The molecule has 6 heteroatoms. The molecule has 1 saturated heterocycles. The number of carbonyl (C=O) groups excluding carboxylic acids is 2. The summed E-state index contributed by atoms with van der Waals surface area (Å²) in [6.07, 6.45) is 0.955. The van der Waals surface area contributed by atoms with Crippen molar-refractivity contribution >= 4 is 17.5 Å². The Bertz CT molecular complexity index is 822. The molecule has 6 nitrogen and oxygen atoms in total. The highest BCUT2D eigenvalue weighted by molar-refractivity contribution is 6.00. The molecular formula is C20H20N2O4. The van der Waals surface area contributed by atoms with Gasteiger partial charge in [0.2, 0.25) is 18.6 Å². The number of benzene rings is 2. The molecule has 2 aliphatic rings. The number of amides is 2. The molecule has 1 atom stereocenters. The van der Waals surface area contributed by atoms with Crippen LogP contribution in [-0.2, 0) is 16.0 Å². The molecule has 2 heterocycles. The van der Waals surface area contributed by atoms with Crippen LogP contribution < -0.4 is 19.7 Å². The van der Waals surface area contributed by atoms with Crippen LogP contribution in [0.4, 0.5) is 5.69 Å². The Labute approximate surface area is 151 Å². The second-order valence-corrected chi connectivity index (χ2v) is 6.47. The van der Waals surface area contributed by atoms with E-state index in [2.05, 4.69) is 5.32 Å². The van der Waals surface area contributed by atoms with Crippen LogP contribution in [0.2, 0.25) is 0 Å². The van der Waals surface area contributed by atoms with E-state index >= 15 is 0 Å². The first-order chi connectivity index (χ1) is 12.7. The highest BCUT2D eigenvalue weighted by Crippen LogP contribution is 2.32. The number of fused-ring (bicyclic) bond motifs is 1. The van der Waals surface area contributed by atoms with Gasteiger partial charge in [0.05, 0.1) is 5.92 Å². The first-order valence-electron chi connectivity index (χ1n) is 8.72. The predicted octanol–water partition coefficient (Wildman–Crippen LogP) is 2.13. The molecule has 0 aromatic heterocycles. The van der Waals surface area contributed by atoms with Crippen LogP contribution in [0.3, 0.4) is 0 Å². The molecule has 0 bridgehead atoms. The van der Waals surface area contributed by atoms with Gasteiger partial charge in [-0.25, -0.2) is 0 Å². The van der Waals surface area contributed by atoms with Crippen LogP contribution in [0.25, 0.3) is 0 Å². The maximum atomic E-state index is 12.4. The summed E-state index contributed by atoms with van der Waals surface area (Å²) >= 11 is 0. The normalized spacial score (nSPS) is 18.2. The van der Waals surface area contributed by atoms with Crippen LogP contribution >= 0.6 is 0 Å². The maximum Gasteiger partial charge on any atom is 0.231 e. The highest BCUT2D eigenvalue weighted by Gasteiger charge is 2.34. The quantitative estimate of drug-likeness (QED) is 0.895. The van der Waals surface area contributed by atoms with Crippen LogP contribution in [-0.4, -0.2) is 31.7 Å². The van der Waals surface area contributed by atoms with E-state index in [4.69, 9.17) is 9.47 Å². The van der Waals surface area contributed by atoms with Gasteiger partial charge in [-0.3, -0.25) is 9.59 Å². The average Bonchev–Trinajstić information content (AvgIpc) is 3.28. The zero-order valence-electron chi connectivity index (χ0n) is 14.3. The summed E-state index contributed by atoms with van der Waals surface area (Å²) in [6, 6.07) is 15.2. The molecule has 0 saturated carbocycles. The first-order valence-corrected chi connectivity index (χ1v) is 8.72. The van der Waals surface area contributed by atoms with E-state index in [-0.39, 0.29) is 30.9 Å². The number of carbonyl (C=O) groups is 2. The van der Waals surface area contributed by atoms with E-state index in [0.29, 0.717) is 19.5 Å². The molecule has 2 aliphatic heterocycles. The van der Waals surface area contributed by atoms with Gasteiger partial charge in [-0.15, -0.1) is 0 Å². The van der Waals surface area contributed by atoms with Gasteiger partial charge in [-0.1, -0.05) is 24.3 Å². The summed E-state index contributed by atoms with van der Waals surface area (Å²) in [5.41, 5.74) is 1.91. The summed E-state index contributed by atoms with van der Waals surface area (Å²) in [5.74, 6) is 1.11. The van der Waals surface area contributed by atoms with E-state index in [1.165, 1.54) is 0 Å². The molecule has 1 N–H and O–H groups in total. The molecule has 2 aromatic rings. The van der Waals surface area contributed by atoms with Crippen molar-refractivity contribution < 1.29 is 19.1 Å². The van der Waals surface area contributed by atoms with Gasteiger partial charge in [-0.05, 0) is 36.2 Å². The minimum absolute atomic E-state index is 0.00730. The Balaban J connectivity index is 1.29. The van der Waals surface area contributed by atoms with Crippen molar-refractivity contribution in [2.24, 2.45) is 5.92 Å². The third-order valence-corrected chi connectivity index (χ3v) is 4.71. The molecule has 26 heavy (non-hydrogen) atoms. The molecule has 0 radical (unpaired) electrons. The second-order valence-electron chi connectivity index (χ2n) is 6.47. The van der Waals surface area contributed by atoms with Crippen molar-refractivity contribution in [3.63, 3.8) is 0 Å². The smallest absolute Gasteiger partial charge is 0.231 e. The van der Waals surface area contributed by atoms with Gasteiger partial charge >= 0.3 is 0 Å². The summed E-state index contributed by atoms with van der Waals surface area (Å²) in [6.45, 7) is 1.20. The third kappa shape index (κ3) is 3.35. The number of nitrogens with one attached hydrogen (secondary N) is 1. The average molecular weight is 352 g/mol. The SMILES string of the molecule is O=C(NCCc1ccc2c(c1)OCO2)[C@@H]1CC(=O)N(c2ccccc2)C1. The van der Waals surface area contributed by atoms with Crippen molar-refractivity contribution in [2.75, 3.05) is 24.8 Å². The van der Waals surface area contributed by atoms with Crippen LogP contribution in [0.1, 0.15) is 12.0 Å². The fraction of sp³-hybridized carbons (Fsp3) is 0.300. The van der Waals surface area contributed by atoms with Gasteiger partial charge < -0.3 is 19.7 Å². The third-order valence-electron chi connectivity index (χ3n) is 4.71. The van der Waals surface area contributed by atoms with E-state index < -0.39 is 0 Å². The molecule has 4 rings (SSSR count). The van der Waals surface area contributed by atoms with Crippen molar-refractivity contribution in [3.05, 3.63) is 54.1 Å². The lowest BCUT2D eigenvalue weighted by Crippen LogP contribution is -2.34. The lowest BCUT2D eigenvalue weighted by Gasteiger charge is -2.16. The Morgan fingerprint density at radius 3 is 2.77 bits per heavy atom. The Hall–Kier alpha value is -3.02. The van der Waals surface area contributed by atoms with E-state index in [0.717, 1.165) is 22.7 Å². The topological polar surface area (TPSA) is 67.9 Å². The maximum absolute atomic E-state index is 12.4. The molecule has 134 valence electrons. The number of para-hydroxylation sites is 1. The van der Waals surface area contributed by atoms with Crippen LogP contribution in [0.5, 0.6) is 11.5 Å². The summed E-state index contributed by atoms with van der Waals surface area (Å²) < 4.78 is 10.7. The van der Waals surface area contributed by atoms with Crippen molar-refractivity contribution in [1.82, 2.24) is 5.32 Å². The minimum atomic E-state index is -0.306. The Kier molecular flexibility index (Phi) is 4.48. The first kappa shape index (κ1) is 16.4. The lowest BCUT2D eigenvalue weighted by atomic mass is 10.1. The largest absolute Gasteiger partial charge is 0.454 e. The van der Waals surface area contributed by atoms with Crippen molar-refractivity contribution in [3.8, 4) is 11.5 Å². The fourth-order valence-electron chi connectivity index (χ4n) is 3.31. The molecular weight excluding hydrogens is 332 g/mol. The summed E-state index contributed by atoms with van der Waals surface area (Å²) in [4.78, 5) is 26.3. The van der Waals surface area contributed by atoms with Crippen LogP contribution in [0, 0.1) is 5.92 Å².